The predicted octanol–water partition coefficient (Wildman–Crippen LogP) is 2.89. The Kier molecular flexibility index (Phi) is 4.25. The highest BCUT2D eigenvalue weighted by Gasteiger charge is 2.49. The molecule has 6 nitrogen and oxygen atoms in total. The molecule has 0 radical (unpaired) electrons. The van der Waals surface area contributed by atoms with Gasteiger partial charge in [-0.3, -0.25) is 4.79 Å². The van der Waals surface area contributed by atoms with Crippen molar-refractivity contribution in [1.82, 2.24) is 24.2 Å². The molecule has 27 heavy (non-hydrogen) atoms. The van der Waals surface area contributed by atoms with Crippen molar-refractivity contribution < 1.29 is 13.6 Å². The summed E-state index contributed by atoms with van der Waals surface area (Å²) < 4.78 is 31.8. The smallest absolute Gasteiger partial charge is 0.271 e. The molecular formula is C19H19F2N5O. The summed E-state index contributed by atoms with van der Waals surface area (Å²) in [5, 5.41) is 7.98. The number of rotatable bonds is 4. The maximum atomic E-state index is 14.2. The van der Waals surface area contributed by atoms with Gasteiger partial charge in [0.15, 0.2) is 5.82 Å². The lowest BCUT2D eigenvalue weighted by atomic mass is 10.1. The van der Waals surface area contributed by atoms with E-state index in [0.29, 0.717) is 18.1 Å². The molecule has 140 valence electrons. The van der Waals surface area contributed by atoms with E-state index in [9.17, 15) is 13.6 Å². The fraction of sp³-hybridized carbons (Fsp3) is 0.316. The molecule has 0 N–H and O–H groups in total. The van der Waals surface area contributed by atoms with Crippen molar-refractivity contribution in [2.45, 2.75) is 24.9 Å². The number of hydrogen-bond donors (Lipinski definition) is 0. The summed E-state index contributed by atoms with van der Waals surface area (Å²) in [6.07, 6.45) is 2.77. The highest BCUT2D eigenvalue weighted by atomic mass is 19.3. The predicted molar refractivity (Wildman–Crippen MR) is 94.3 cm³/mol. The highest BCUT2D eigenvalue weighted by molar-refractivity contribution is 5.93. The molecule has 4 rings (SSSR count). The average Bonchev–Trinajstić information content (AvgIpc) is 3.34. The lowest BCUT2D eigenvalue weighted by Gasteiger charge is -2.24. The minimum atomic E-state index is -2.96. The second-order valence-electron chi connectivity index (χ2n) is 6.82. The Morgan fingerprint density at radius 1 is 1.22 bits per heavy atom. The number of halogens is 2. The van der Waals surface area contributed by atoms with Crippen LogP contribution in [0.5, 0.6) is 0 Å². The number of amides is 1. The van der Waals surface area contributed by atoms with Crippen LogP contribution in [0.4, 0.5) is 8.78 Å². The van der Waals surface area contributed by atoms with Crippen LogP contribution in [0, 0.1) is 0 Å². The van der Waals surface area contributed by atoms with E-state index in [-0.39, 0.29) is 0 Å². The zero-order valence-electron chi connectivity index (χ0n) is 14.8. The number of likely N-dealkylation sites (tertiary alicyclic amines) is 1. The van der Waals surface area contributed by atoms with Gasteiger partial charge in [-0.1, -0.05) is 30.3 Å². The van der Waals surface area contributed by atoms with Crippen LogP contribution in [-0.2, 0) is 13.6 Å². The van der Waals surface area contributed by atoms with Crippen LogP contribution < -0.4 is 0 Å². The molecule has 1 fully saturated rings. The summed E-state index contributed by atoms with van der Waals surface area (Å²) in [6, 6.07) is 12.1. The van der Waals surface area contributed by atoms with E-state index in [0.717, 1.165) is 5.56 Å². The summed E-state index contributed by atoms with van der Waals surface area (Å²) in [4.78, 5) is 14.1. The van der Waals surface area contributed by atoms with Crippen molar-refractivity contribution >= 4 is 5.91 Å². The van der Waals surface area contributed by atoms with Crippen LogP contribution in [-0.4, -0.2) is 42.6 Å². The zero-order chi connectivity index (χ0) is 19.0. The first-order valence-electron chi connectivity index (χ1n) is 8.66. The van der Waals surface area contributed by atoms with Gasteiger partial charge in [0.25, 0.3) is 11.8 Å². The molecule has 3 heterocycles. The maximum Gasteiger partial charge on any atom is 0.271 e. The van der Waals surface area contributed by atoms with E-state index in [2.05, 4.69) is 10.2 Å². The molecule has 3 aromatic rings. The van der Waals surface area contributed by atoms with E-state index in [1.807, 2.05) is 30.3 Å². The van der Waals surface area contributed by atoms with Gasteiger partial charge in [0.05, 0.1) is 19.1 Å². The van der Waals surface area contributed by atoms with Crippen LogP contribution >= 0.6 is 0 Å². The van der Waals surface area contributed by atoms with Crippen molar-refractivity contribution in [3.63, 3.8) is 0 Å². The number of carbonyl (C=O) groups is 1. The largest absolute Gasteiger partial charge is 0.347 e. The van der Waals surface area contributed by atoms with E-state index < -0.39 is 30.8 Å². The zero-order valence-corrected chi connectivity index (χ0v) is 14.8. The number of benzene rings is 1. The molecule has 1 atom stereocenters. The highest BCUT2D eigenvalue weighted by Crippen LogP contribution is 2.41. The normalized spacial score (nSPS) is 18.8. The number of hydrogen-bond acceptors (Lipinski definition) is 3. The van der Waals surface area contributed by atoms with Gasteiger partial charge in [-0.15, -0.1) is 10.2 Å². The summed E-state index contributed by atoms with van der Waals surface area (Å²) in [5.41, 5.74) is 1.37. The number of alkyl halides is 2. The van der Waals surface area contributed by atoms with Crippen LogP contribution in [0.2, 0.25) is 0 Å². The monoisotopic (exact) mass is 371 g/mol. The topological polar surface area (TPSA) is 56.0 Å². The lowest BCUT2D eigenvalue weighted by molar-refractivity contribution is 0.0116. The first-order chi connectivity index (χ1) is 12.9. The summed E-state index contributed by atoms with van der Waals surface area (Å²) in [5.74, 6) is -3.02. The molecule has 1 amide bonds. The number of aromatic nitrogens is 4. The Hall–Kier alpha value is -3.03. The van der Waals surface area contributed by atoms with Gasteiger partial charge >= 0.3 is 0 Å². The molecule has 1 aromatic carbocycles. The fourth-order valence-corrected chi connectivity index (χ4v) is 3.52. The summed E-state index contributed by atoms with van der Waals surface area (Å²) in [6.45, 7) is -0.169. The van der Waals surface area contributed by atoms with Crippen LogP contribution in [0.15, 0.2) is 55.0 Å². The second-order valence-corrected chi connectivity index (χ2v) is 6.82. The van der Waals surface area contributed by atoms with Crippen LogP contribution in [0.3, 0.4) is 0 Å². The Morgan fingerprint density at radius 3 is 2.70 bits per heavy atom. The quantitative estimate of drug-likeness (QED) is 0.709. The molecule has 2 aromatic heterocycles. The van der Waals surface area contributed by atoms with Gasteiger partial charge in [-0.05, 0) is 17.7 Å². The average molecular weight is 371 g/mol. The Morgan fingerprint density at radius 2 is 2.00 bits per heavy atom. The minimum absolute atomic E-state index is 0.367. The maximum absolute atomic E-state index is 14.2. The van der Waals surface area contributed by atoms with E-state index in [1.54, 1.807) is 34.5 Å². The van der Waals surface area contributed by atoms with E-state index in [1.165, 1.54) is 11.2 Å². The molecule has 1 aliphatic heterocycles. The summed E-state index contributed by atoms with van der Waals surface area (Å²) >= 11 is 0. The van der Waals surface area contributed by atoms with Gasteiger partial charge in [0.1, 0.15) is 12.0 Å². The minimum Gasteiger partial charge on any atom is -0.347 e. The molecule has 1 saturated heterocycles. The molecule has 0 aliphatic carbocycles. The fourth-order valence-electron chi connectivity index (χ4n) is 3.52. The van der Waals surface area contributed by atoms with Crippen molar-refractivity contribution in [3.05, 3.63) is 72.1 Å². The van der Waals surface area contributed by atoms with Gasteiger partial charge in [0.2, 0.25) is 0 Å². The number of aryl methyl sites for hydroxylation is 1. The standard InChI is InChI=1S/C19H19F2N5O/c1-24-9-5-8-15(24)18(27)26-12-19(20,21)10-16(26)17-23-22-13-25(17)11-14-6-3-2-4-7-14/h2-9,13,16H,10-12H2,1H3/t16-/m0/s1. The Bertz CT molecular complexity index is 950. The van der Waals surface area contributed by atoms with E-state index >= 15 is 0 Å². The first kappa shape index (κ1) is 17.4. The van der Waals surface area contributed by atoms with Crippen LogP contribution in [0.1, 0.15) is 34.3 Å². The van der Waals surface area contributed by atoms with Gasteiger partial charge in [-0.2, -0.15) is 0 Å². The molecule has 0 saturated carbocycles. The molecule has 8 heteroatoms. The second kappa shape index (κ2) is 6.61. The molecule has 0 unspecified atom stereocenters. The number of nitrogens with zero attached hydrogens (tertiary/aromatic N) is 5. The third-order valence-electron chi connectivity index (χ3n) is 4.83. The van der Waals surface area contributed by atoms with Crippen molar-refractivity contribution in [2.75, 3.05) is 6.54 Å². The third kappa shape index (κ3) is 3.34. The lowest BCUT2D eigenvalue weighted by Crippen LogP contribution is -2.35. The van der Waals surface area contributed by atoms with Gasteiger partial charge in [-0.25, -0.2) is 8.78 Å². The van der Waals surface area contributed by atoms with Crippen molar-refractivity contribution in [1.29, 1.82) is 0 Å². The Balaban J connectivity index is 1.66. The van der Waals surface area contributed by atoms with Gasteiger partial charge in [0, 0.05) is 19.7 Å². The number of carbonyl (C=O) groups excluding carboxylic acids is 1. The van der Waals surface area contributed by atoms with Gasteiger partial charge < -0.3 is 14.0 Å². The molecule has 0 spiro atoms. The SMILES string of the molecule is Cn1cccc1C(=O)N1CC(F)(F)C[C@H]1c1nncn1Cc1ccccc1. The van der Waals surface area contributed by atoms with Crippen LogP contribution in [0.25, 0.3) is 0 Å². The van der Waals surface area contributed by atoms with Crippen molar-refractivity contribution in [3.8, 4) is 0 Å². The molecule has 1 aliphatic rings. The van der Waals surface area contributed by atoms with E-state index in [4.69, 9.17) is 0 Å². The Labute approximate surface area is 155 Å². The summed E-state index contributed by atoms with van der Waals surface area (Å²) in [7, 11) is 1.72. The van der Waals surface area contributed by atoms with Crippen molar-refractivity contribution in [2.24, 2.45) is 7.05 Å². The molecule has 0 bridgehead atoms. The first-order valence-corrected chi connectivity index (χ1v) is 8.66. The molecular weight excluding hydrogens is 352 g/mol. The third-order valence-corrected chi connectivity index (χ3v) is 4.83.